The zero-order valence-electron chi connectivity index (χ0n) is 20.0. The first-order chi connectivity index (χ1) is 16.2. The van der Waals surface area contributed by atoms with Gasteiger partial charge < -0.3 is 9.42 Å². The Balaban J connectivity index is 1.44. The molecule has 0 aliphatic carbocycles. The first kappa shape index (κ1) is 24.0. The maximum atomic E-state index is 13.0. The molecule has 0 unspecified atom stereocenters. The molecule has 2 aromatic heterocycles. The van der Waals surface area contributed by atoms with Crippen molar-refractivity contribution in [3.63, 3.8) is 0 Å². The highest BCUT2D eigenvalue weighted by Crippen LogP contribution is 2.22. The zero-order valence-corrected chi connectivity index (χ0v) is 20.8. The number of nitrogens with zero attached hydrogens (tertiary/aromatic N) is 4. The van der Waals surface area contributed by atoms with E-state index >= 15 is 0 Å². The number of sulfonamides is 1. The van der Waals surface area contributed by atoms with E-state index in [1.54, 1.807) is 41.3 Å². The van der Waals surface area contributed by atoms with Gasteiger partial charge in [0.2, 0.25) is 15.9 Å². The molecule has 0 atom stereocenters. The minimum Gasteiger partial charge on any atom is -0.360 e. The fourth-order valence-electron chi connectivity index (χ4n) is 4.25. The van der Waals surface area contributed by atoms with E-state index in [1.165, 1.54) is 4.31 Å². The van der Waals surface area contributed by atoms with Crippen molar-refractivity contribution in [3.05, 3.63) is 70.7 Å². The van der Waals surface area contributed by atoms with Crippen LogP contribution in [0.15, 0.2) is 51.9 Å². The van der Waals surface area contributed by atoms with E-state index < -0.39 is 10.0 Å². The van der Waals surface area contributed by atoms with Crippen molar-refractivity contribution in [3.8, 4) is 5.82 Å². The van der Waals surface area contributed by atoms with Crippen LogP contribution in [0.3, 0.4) is 0 Å². The molecule has 1 aliphatic rings. The Morgan fingerprint density at radius 2 is 1.74 bits per heavy atom. The van der Waals surface area contributed by atoms with Gasteiger partial charge in [-0.2, -0.15) is 4.31 Å². The molecule has 4 rings (SSSR count). The Labute approximate surface area is 200 Å². The summed E-state index contributed by atoms with van der Waals surface area (Å²) in [6.07, 6.45) is 3.95. The lowest BCUT2D eigenvalue weighted by Gasteiger charge is -2.21. The summed E-state index contributed by atoms with van der Waals surface area (Å²) in [5.41, 5.74) is 3.88. The summed E-state index contributed by atoms with van der Waals surface area (Å²) < 4.78 is 34.7. The van der Waals surface area contributed by atoms with Gasteiger partial charge in [-0.3, -0.25) is 9.36 Å². The average molecular weight is 483 g/mol. The summed E-state index contributed by atoms with van der Waals surface area (Å²) in [7, 11) is -3.58. The summed E-state index contributed by atoms with van der Waals surface area (Å²) in [6.45, 7) is 9.25. The highest BCUT2D eigenvalue weighted by atomic mass is 32.2. The Bertz CT molecular complexity index is 1320. The first-order valence-corrected chi connectivity index (χ1v) is 12.8. The number of carbonyl (C=O) groups excluding carboxylic acids is 1. The first-order valence-electron chi connectivity index (χ1n) is 11.3. The zero-order chi connectivity index (χ0) is 24.5. The smallest absolute Gasteiger partial charge is 0.246 e. The molecule has 0 radical (unpaired) electrons. The van der Waals surface area contributed by atoms with Gasteiger partial charge in [0.15, 0.2) is 5.82 Å². The van der Waals surface area contributed by atoms with Gasteiger partial charge in [0.1, 0.15) is 5.76 Å². The lowest BCUT2D eigenvalue weighted by molar-refractivity contribution is -0.125. The van der Waals surface area contributed by atoms with Crippen LogP contribution in [0.5, 0.6) is 0 Å². The molecular weight excluding hydrogens is 452 g/mol. The Morgan fingerprint density at radius 1 is 1.00 bits per heavy atom. The lowest BCUT2D eigenvalue weighted by Crippen LogP contribution is -2.36. The maximum Gasteiger partial charge on any atom is 0.246 e. The fraction of sp³-hybridized carbons (Fsp3) is 0.360. The lowest BCUT2D eigenvalue weighted by atomic mass is 10.2. The van der Waals surface area contributed by atoms with Crippen molar-refractivity contribution >= 4 is 22.0 Å². The second-order valence-electron chi connectivity index (χ2n) is 8.69. The van der Waals surface area contributed by atoms with Crippen LogP contribution in [0.4, 0.5) is 0 Å². The molecule has 0 bridgehead atoms. The quantitative estimate of drug-likeness (QED) is 0.518. The molecule has 8 nitrogen and oxygen atoms in total. The number of hydrogen-bond acceptors (Lipinski definition) is 5. The van der Waals surface area contributed by atoms with Crippen LogP contribution < -0.4 is 0 Å². The number of benzene rings is 1. The van der Waals surface area contributed by atoms with Crippen LogP contribution in [0.25, 0.3) is 11.9 Å². The highest BCUT2D eigenvalue weighted by molar-refractivity contribution is 7.89. The maximum absolute atomic E-state index is 13.0. The minimum absolute atomic E-state index is 0.128. The van der Waals surface area contributed by atoms with Crippen molar-refractivity contribution in [1.29, 1.82) is 0 Å². The number of aryl methyl sites for hydroxylation is 3. The minimum atomic E-state index is -3.58. The van der Waals surface area contributed by atoms with Gasteiger partial charge in [-0.1, -0.05) is 22.9 Å². The van der Waals surface area contributed by atoms with Crippen LogP contribution in [0, 0.1) is 27.7 Å². The molecule has 3 aromatic rings. The predicted octanol–water partition coefficient (Wildman–Crippen LogP) is 3.64. The van der Waals surface area contributed by atoms with Crippen molar-refractivity contribution in [2.45, 2.75) is 39.0 Å². The van der Waals surface area contributed by atoms with Crippen molar-refractivity contribution in [2.24, 2.45) is 0 Å². The van der Waals surface area contributed by atoms with Crippen LogP contribution in [0.1, 0.15) is 34.7 Å². The third-order valence-electron chi connectivity index (χ3n) is 6.15. The SMILES string of the molecule is Cc1ccc(S(=O)(=O)N2CCCN(C(=O)C=Cc3cc(C)n(-c4cc(C)on4)c3C)CC2)cc1. The number of hydrogen-bond donors (Lipinski definition) is 0. The molecule has 1 saturated heterocycles. The van der Waals surface area contributed by atoms with Crippen molar-refractivity contribution in [1.82, 2.24) is 18.9 Å². The van der Waals surface area contributed by atoms with E-state index in [9.17, 15) is 13.2 Å². The molecule has 0 saturated carbocycles. The van der Waals surface area contributed by atoms with Crippen molar-refractivity contribution in [2.75, 3.05) is 26.2 Å². The van der Waals surface area contributed by atoms with E-state index in [2.05, 4.69) is 5.16 Å². The third-order valence-corrected chi connectivity index (χ3v) is 8.06. The molecule has 1 aromatic carbocycles. The summed E-state index contributed by atoms with van der Waals surface area (Å²) in [5.74, 6) is 1.31. The highest BCUT2D eigenvalue weighted by Gasteiger charge is 2.27. The second kappa shape index (κ2) is 9.60. The number of amides is 1. The Hall–Kier alpha value is -3.17. The van der Waals surface area contributed by atoms with Gasteiger partial charge in [-0.15, -0.1) is 0 Å². The van der Waals surface area contributed by atoms with Gasteiger partial charge in [0, 0.05) is 49.7 Å². The molecule has 3 heterocycles. The van der Waals surface area contributed by atoms with E-state index in [-0.39, 0.29) is 17.3 Å². The Morgan fingerprint density at radius 3 is 2.41 bits per heavy atom. The molecule has 34 heavy (non-hydrogen) atoms. The number of carbonyl (C=O) groups is 1. The number of rotatable bonds is 5. The van der Waals surface area contributed by atoms with Gasteiger partial charge >= 0.3 is 0 Å². The van der Waals surface area contributed by atoms with E-state index in [4.69, 9.17) is 4.52 Å². The summed E-state index contributed by atoms with van der Waals surface area (Å²) in [5, 5.41) is 4.09. The van der Waals surface area contributed by atoms with Crippen LogP contribution in [0.2, 0.25) is 0 Å². The van der Waals surface area contributed by atoms with Gasteiger partial charge in [0.25, 0.3) is 0 Å². The van der Waals surface area contributed by atoms with Gasteiger partial charge in [-0.05, 0) is 64.0 Å². The summed E-state index contributed by atoms with van der Waals surface area (Å²) in [4.78, 5) is 14.9. The molecule has 1 aliphatic heterocycles. The standard InChI is InChI=1S/C25H30N4O4S/c1-18-6-9-23(10-7-18)34(31,32)28-13-5-12-27(14-15-28)25(30)11-8-22-16-19(2)29(21(22)4)24-17-20(3)33-26-24/h6-11,16-17H,5,12-15H2,1-4H3. The number of aromatic nitrogens is 2. The normalized spacial score (nSPS) is 15.7. The molecule has 1 amide bonds. The Kier molecular flexibility index (Phi) is 6.77. The molecule has 1 fully saturated rings. The predicted molar refractivity (Wildman–Crippen MR) is 130 cm³/mol. The van der Waals surface area contributed by atoms with E-state index in [0.717, 1.165) is 28.3 Å². The second-order valence-corrected chi connectivity index (χ2v) is 10.6. The van der Waals surface area contributed by atoms with Crippen LogP contribution in [-0.4, -0.2) is 59.4 Å². The van der Waals surface area contributed by atoms with Gasteiger partial charge in [0.05, 0.1) is 4.90 Å². The van der Waals surface area contributed by atoms with E-state index in [1.807, 2.05) is 44.4 Å². The van der Waals surface area contributed by atoms with Crippen molar-refractivity contribution < 1.29 is 17.7 Å². The van der Waals surface area contributed by atoms with E-state index in [0.29, 0.717) is 31.9 Å². The van der Waals surface area contributed by atoms with Crippen LogP contribution in [-0.2, 0) is 14.8 Å². The van der Waals surface area contributed by atoms with Gasteiger partial charge in [-0.25, -0.2) is 8.42 Å². The largest absolute Gasteiger partial charge is 0.360 e. The topological polar surface area (TPSA) is 88.7 Å². The molecule has 0 N–H and O–H groups in total. The fourth-order valence-corrected chi connectivity index (χ4v) is 5.72. The summed E-state index contributed by atoms with van der Waals surface area (Å²) >= 11 is 0. The summed E-state index contributed by atoms with van der Waals surface area (Å²) in [6, 6.07) is 10.7. The third kappa shape index (κ3) is 4.85. The molecule has 0 spiro atoms. The average Bonchev–Trinajstić information content (AvgIpc) is 3.22. The molecule has 9 heteroatoms. The monoisotopic (exact) mass is 482 g/mol. The van der Waals surface area contributed by atoms with Crippen LogP contribution >= 0.6 is 0 Å². The molecular formula is C25H30N4O4S. The molecule has 180 valence electrons.